The minimum Gasteiger partial charge on any atom is -0.363 e. The number of sulfonamides is 1. The SMILES string of the molecule is NCc1cc(S(=O)(=O)N2CCCC(C(F)(F)F)C2)c[nH]1. The quantitative estimate of drug-likeness (QED) is 0.886. The van der Waals surface area contributed by atoms with Gasteiger partial charge in [0.05, 0.1) is 10.8 Å². The Morgan fingerprint density at radius 2 is 2.15 bits per heavy atom. The zero-order valence-electron chi connectivity index (χ0n) is 10.7. The highest BCUT2D eigenvalue weighted by atomic mass is 32.2. The van der Waals surface area contributed by atoms with Crippen LogP contribution in [0.5, 0.6) is 0 Å². The number of halogens is 3. The number of nitrogens with zero attached hydrogens (tertiary/aromatic N) is 1. The molecule has 1 aliphatic rings. The predicted molar refractivity (Wildman–Crippen MR) is 66.2 cm³/mol. The largest absolute Gasteiger partial charge is 0.393 e. The molecule has 20 heavy (non-hydrogen) atoms. The number of piperidine rings is 1. The van der Waals surface area contributed by atoms with E-state index >= 15 is 0 Å². The molecule has 114 valence electrons. The van der Waals surface area contributed by atoms with Gasteiger partial charge in [0.25, 0.3) is 0 Å². The number of alkyl halides is 3. The first-order valence-corrected chi connectivity index (χ1v) is 7.63. The Balaban J connectivity index is 2.21. The molecule has 0 radical (unpaired) electrons. The lowest BCUT2D eigenvalue weighted by Gasteiger charge is -2.32. The molecule has 1 fully saturated rings. The number of rotatable bonds is 3. The summed E-state index contributed by atoms with van der Waals surface area (Å²) in [6.07, 6.45) is -2.93. The van der Waals surface area contributed by atoms with Crippen molar-refractivity contribution < 1.29 is 21.6 Å². The number of aromatic amines is 1. The second-order valence-electron chi connectivity index (χ2n) is 4.81. The molecule has 0 bridgehead atoms. The van der Waals surface area contributed by atoms with E-state index < -0.39 is 28.7 Å². The maximum absolute atomic E-state index is 12.7. The van der Waals surface area contributed by atoms with Crippen molar-refractivity contribution in [3.63, 3.8) is 0 Å². The van der Waals surface area contributed by atoms with Crippen LogP contribution in [0.3, 0.4) is 0 Å². The minimum atomic E-state index is -4.37. The van der Waals surface area contributed by atoms with Gasteiger partial charge in [-0.25, -0.2) is 8.42 Å². The Kier molecular flexibility index (Phi) is 4.12. The number of aromatic nitrogens is 1. The van der Waals surface area contributed by atoms with Crippen LogP contribution in [0.1, 0.15) is 18.5 Å². The van der Waals surface area contributed by atoms with Crippen LogP contribution in [0, 0.1) is 5.92 Å². The normalized spacial score (nSPS) is 22.1. The van der Waals surface area contributed by atoms with Gasteiger partial charge in [-0.3, -0.25) is 0 Å². The molecule has 9 heteroatoms. The van der Waals surface area contributed by atoms with E-state index in [1.807, 2.05) is 0 Å². The molecule has 0 saturated carbocycles. The van der Waals surface area contributed by atoms with E-state index in [-0.39, 0.29) is 30.8 Å². The van der Waals surface area contributed by atoms with E-state index in [0.717, 1.165) is 4.31 Å². The third kappa shape index (κ3) is 2.99. The average molecular weight is 311 g/mol. The molecule has 5 nitrogen and oxygen atoms in total. The monoisotopic (exact) mass is 311 g/mol. The molecule has 1 unspecified atom stereocenters. The van der Waals surface area contributed by atoms with Gasteiger partial charge in [-0.05, 0) is 18.9 Å². The Bertz CT molecular complexity index is 568. The van der Waals surface area contributed by atoms with Gasteiger partial charge >= 0.3 is 6.18 Å². The third-order valence-corrected chi connectivity index (χ3v) is 5.26. The third-order valence-electron chi connectivity index (χ3n) is 3.42. The van der Waals surface area contributed by atoms with Gasteiger partial charge in [-0.1, -0.05) is 0 Å². The van der Waals surface area contributed by atoms with Crippen molar-refractivity contribution in [2.75, 3.05) is 13.1 Å². The van der Waals surface area contributed by atoms with Gasteiger partial charge in [-0.2, -0.15) is 17.5 Å². The van der Waals surface area contributed by atoms with Crippen LogP contribution in [0.15, 0.2) is 17.2 Å². The molecule has 0 spiro atoms. The second kappa shape index (κ2) is 5.38. The van der Waals surface area contributed by atoms with E-state index in [0.29, 0.717) is 5.69 Å². The number of hydrogen-bond acceptors (Lipinski definition) is 3. The fourth-order valence-electron chi connectivity index (χ4n) is 2.26. The fourth-order valence-corrected chi connectivity index (χ4v) is 3.81. The van der Waals surface area contributed by atoms with Gasteiger partial charge in [0.1, 0.15) is 0 Å². The molecule has 1 atom stereocenters. The van der Waals surface area contributed by atoms with E-state index in [9.17, 15) is 21.6 Å². The summed E-state index contributed by atoms with van der Waals surface area (Å²) in [4.78, 5) is 2.65. The Morgan fingerprint density at radius 1 is 1.45 bits per heavy atom. The summed E-state index contributed by atoms with van der Waals surface area (Å²) < 4.78 is 63.6. The summed E-state index contributed by atoms with van der Waals surface area (Å²) in [6.45, 7) is -0.270. The molecule has 1 aromatic rings. The maximum Gasteiger partial charge on any atom is 0.393 e. The van der Waals surface area contributed by atoms with Gasteiger partial charge in [-0.15, -0.1) is 0 Å². The lowest BCUT2D eigenvalue weighted by Crippen LogP contribution is -2.44. The van der Waals surface area contributed by atoms with Crippen LogP contribution in [-0.2, 0) is 16.6 Å². The maximum atomic E-state index is 12.7. The first-order valence-electron chi connectivity index (χ1n) is 6.19. The molecular weight excluding hydrogens is 295 g/mol. The Hall–Kier alpha value is -1.06. The van der Waals surface area contributed by atoms with Crippen LogP contribution < -0.4 is 5.73 Å². The molecule has 0 aromatic carbocycles. The first-order chi connectivity index (χ1) is 9.25. The van der Waals surface area contributed by atoms with Crippen LogP contribution in [0.4, 0.5) is 13.2 Å². The molecule has 1 aliphatic heterocycles. The lowest BCUT2D eigenvalue weighted by molar-refractivity contribution is -0.182. The number of nitrogens with two attached hydrogens (primary N) is 1. The summed E-state index contributed by atoms with van der Waals surface area (Å²) in [7, 11) is -3.90. The van der Waals surface area contributed by atoms with Gasteiger partial charge in [0.2, 0.25) is 10.0 Å². The van der Waals surface area contributed by atoms with E-state index in [2.05, 4.69) is 4.98 Å². The predicted octanol–water partition coefficient (Wildman–Crippen LogP) is 1.44. The van der Waals surface area contributed by atoms with Gasteiger partial charge < -0.3 is 10.7 Å². The Morgan fingerprint density at radius 3 is 2.70 bits per heavy atom. The second-order valence-corrected chi connectivity index (χ2v) is 6.75. The van der Waals surface area contributed by atoms with Gasteiger partial charge in [0.15, 0.2) is 0 Å². The molecule has 3 N–H and O–H groups in total. The molecule has 2 heterocycles. The van der Waals surface area contributed by atoms with Crippen molar-refractivity contribution in [1.82, 2.24) is 9.29 Å². The fraction of sp³-hybridized carbons (Fsp3) is 0.636. The van der Waals surface area contributed by atoms with E-state index in [1.54, 1.807) is 0 Å². The Labute approximate surface area is 115 Å². The van der Waals surface area contributed by atoms with Crippen molar-refractivity contribution in [2.45, 2.75) is 30.5 Å². The number of hydrogen-bond donors (Lipinski definition) is 2. The average Bonchev–Trinajstić information content (AvgIpc) is 2.87. The molecular formula is C11H16F3N3O2S. The number of H-pyrrole nitrogens is 1. The highest BCUT2D eigenvalue weighted by Gasteiger charge is 2.44. The van der Waals surface area contributed by atoms with Crippen molar-refractivity contribution in [2.24, 2.45) is 11.7 Å². The van der Waals surface area contributed by atoms with Gasteiger partial charge in [0, 0.05) is 31.5 Å². The standard InChI is InChI=1S/C11H16F3N3O2S/c12-11(13,14)8-2-1-3-17(7-8)20(18,19)10-4-9(5-15)16-6-10/h4,6,8,16H,1-3,5,7,15H2. The smallest absolute Gasteiger partial charge is 0.363 e. The van der Waals surface area contributed by atoms with E-state index in [4.69, 9.17) is 5.73 Å². The van der Waals surface area contributed by atoms with Crippen molar-refractivity contribution in [3.05, 3.63) is 18.0 Å². The lowest BCUT2D eigenvalue weighted by atomic mass is 9.99. The van der Waals surface area contributed by atoms with Crippen molar-refractivity contribution in [1.29, 1.82) is 0 Å². The summed E-state index contributed by atoms with van der Waals surface area (Å²) >= 11 is 0. The summed E-state index contributed by atoms with van der Waals surface area (Å²) in [5, 5.41) is 0. The molecule has 0 aliphatic carbocycles. The van der Waals surface area contributed by atoms with Crippen LogP contribution >= 0.6 is 0 Å². The highest BCUT2D eigenvalue weighted by Crippen LogP contribution is 2.34. The van der Waals surface area contributed by atoms with E-state index in [1.165, 1.54) is 12.3 Å². The molecule has 2 rings (SSSR count). The topological polar surface area (TPSA) is 79.2 Å². The zero-order valence-corrected chi connectivity index (χ0v) is 11.5. The summed E-state index contributed by atoms with van der Waals surface area (Å²) in [5.74, 6) is -1.60. The number of nitrogens with one attached hydrogen (secondary N) is 1. The van der Waals surface area contributed by atoms with Crippen molar-refractivity contribution >= 4 is 10.0 Å². The highest BCUT2D eigenvalue weighted by molar-refractivity contribution is 7.89. The molecule has 1 aromatic heterocycles. The van der Waals surface area contributed by atoms with Crippen molar-refractivity contribution in [3.8, 4) is 0 Å². The van der Waals surface area contributed by atoms with Crippen LogP contribution in [-0.4, -0.2) is 37.0 Å². The zero-order chi connectivity index (χ0) is 15.0. The minimum absolute atomic E-state index is 0.0310. The van der Waals surface area contributed by atoms with Crippen LogP contribution in [0.2, 0.25) is 0 Å². The summed E-state index contributed by atoms with van der Waals surface area (Å²) in [5.41, 5.74) is 5.90. The molecule has 1 saturated heterocycles. The first kappa shape index (κ1) is 15.3. The molecule has 0 amide bonds. The van der Waals surface area contributed by atoms with Crippen LogP contribution in [0.25, 0.3) is 0 Å². The summed E-state index contributed by atoms with van der Waals surface area (Å²) in [6, 6.07) is 1.35.